The third-order valence-corrected chi connectivity index (χ3v) is 3.30. The molecule has 0 aliphatic heterocycles. The molecule has 0 saturated heterocycles. The number of hydrogen-bond donors (Lipinski definition) is 0. The Bertz CT molecular complexity index is 502. The van der Waals surface area contributed by atoms with Crippen LogP contribution in [0.2, 0.25) is 0 Å². The minimum Gasteiger partial charge on any atom is -0.256 e. The lowest BCUT2D eigenvalue weighted by atomic mass is 10.0. The standard InChI is InChI=1S/C15H15N/c1-11-8-12-5-6-13(10-14(12)9-11)15-4-2-3-7-16-15/h2-7,10-11H,8-9H2,1H3. The molecule has 1 heteroatoms. The van der Waals surface area contributed by atoms with E-state index in [-0.39, 0.29) is 0 Å². The van der Waals surface area contributed by atoms with Gasteiger partial charge in [-0.15, -0.1) is 0 Å². The minimum atomic E-state index is 0.800. The second-order valence-electron chi connectivity index (χ2n) is 4.71. The lowest BCUT2D eigenvalue weighted by Crippen LogP contribution is -1.89. The fraction of sp³-hybridized carbons (Fsp3) is 0.267. The first-order chi connectivity index (χ1) is 7.83. The normalized spacial score (nSPS) is 18.4. The Labute approximate surface area is 96.2 Å². The quantitative estimate of drug-likeness (QED) is 0.700. The van der Waals surface area contributed by atoms with E-state index in [1.807, 2.05) is 18.3 Å². The van der Waals surface area contributed by atoms with Crippen LogP contribution >= 0.6 is 0 Å². The van der Waals surface area contributed by atoms with Crippen LogP contribution < -0.4 is 0 Å². The molecule has 1 nitrogen and oxygen atoms in total. The van der Waals surface area contributed by atoms with Crippen LogP contribution in [0.25, 0.3) is 11.3 Å². The Hall–Kier alpha value is -1.63. The molecule has 3 rings (SSSR count). The van der Waals surface area contributed by atoms with E-state index in [9.17, 15) is 0 Å². The molecule has 16 heavy (non-hydrogen) atoms. The first-order valence-corrected chi connectivity index (χ1v) is 5.86. The zero-order chi connectivity index (χ0) is 11.0. The molecule has 2 aromatic rings. The van der Waals surface area contributed by atoms with E-state index >= 15 is 0 Å². The van der Waals surface area contributed by atoms with E-state index in [0.717, 1.165) is 11.6 Å². The third-order valence-electron chi connectivity index (χ3n) is 3.30. The largest absolute Gasteiger partial charge is 0.256 e. The number of benzene rings is 1. The van der Waals surface area contributed by atoms with Gasteiger partial charge in [-0.1, -0.05) is 25.1 Å². The summed E-state index contributed by atoms with van der Waals surface area (Å²) in [5.41, 5.74) is 5.35. The van der Waals surface area contributed by atoms with Gasteiger partial charge in [-0.3, -0.25) is 4.98 Å². The van der Waals surface area contributed by atoms with Gasteiger partial charge in [0.15, 0.2) is 0 Å². The number of nitrogens with zero attached hydrogens (tertiary/aromatic N) is 1. The second-order valence-corrected chi connectivity index (χ2v) is 4.71. The Morgan fingerprint density at radius 2 is 1.94 bits per heavy atom. The van der Waals surface area contributed by atoms with Crippen LogP contribution in [0.15, 0.2) is 42.6 Å². The van der Waals surface area contributed by atoms with Gasteiger partial charge in [-0.25, -0.2) is 0 Å². The molecule has 1 aliphatic carbocycles. The number of pyridine rings is 1. The van der Waals surface area contributed by atoms with Gasteiger partial charge in [-0.2, -0.15) is 0 Å². The van der Waals surface area contributed by atoms with E-state index in [1.165, 1.54) is 29.5 Å². The average Bonchev–Trinajstić information content (AvgIpc) is 2.69. The molecule has 0 bridgehead atoms. The molecule has 0 radical (unpaired) electrons. The maximum absolute atomic E-state index is 4.39. The van der Waals surface area contributed by atoms with Gasteiger partial charge in [0, 0.05) is 11.8 Å². The monoisotopic (exact) mass is 209 g/mol. The van der Waals surface area contributed by atoms with Crippen molar-refractivity contribution in [2.75, 3.05) is 0 Å². The summed E-state index contributed by atoms with van der Waals surface area (Å²) in [5, 5.41) is 0. The van der Waals surface area contributed by atoms with Crippen molar-refractivity contribution in [3.63, 3.8) is 0 Å². The molecule has 0 spiro atoms. The molecule has 0 N–H and O–H groups in total. The summed E-state index contributed by atoms with van der Waals surface area (Å²) in [7, 11) is 0. The average molecular weight is 209 g/mol. The van der Waals surface area contributed by atoms with Crippen LogP contribution in [0.3, 0.4) is 0 Å². The molecule has 0 fully saturated rings. The summed E-state index contributed by atoms with van der Waals surface area (Å²) in [6.07, 6.45) is 4.30. The van der Waals surface area contributed by atoms with E-state index in [2.05, 4.69) is 36.2 Å². The lowest BCUT2D eigenvalue weighted by molar-refractivity contribution is 0.628. The highest BCUT2D eigenvalue weighted by molar-refractivity contribution is 5.61. The van der Waals surface area contributed by atoms with Gasteiger partial charge < -0.3 is 0 Å². The van der Waals surface area contributed by atoms with Gasteiger partial charge in [-0.05, 0) is 48.1 Å². The van der Waals surface area contributed by atoms with Crippen LogP contribution in [0.1, 0.15) is 18.1 Å². The highest BCUT2D eigenvalue weighted by atomic mass is 14.7. The molecule has 0 saturated carbocycles. The molecule has 0 amide bonds. The summed E-state index contributed by atoms with van der Waals surface area (Å²) in [4.78, 5) is 4.39. The van der Waals surface area contributed by atoms with E-state index < -0.39 is 0 Å². The second kappa shape index (κ2) is 3.75. The zero-order valence-corrected chi connectivity index (χ0v) is 9.48. The van der Waals surface area contributed by atoms with Crippen molar-refractivity contribution in [3.8, 4) is 11.3 Å². The zero-order valence-electron chi connectivity index (χ0n) is 9.48. The molecule has 1 aromatic carbocycles. The van der Waals surface area contributed by atoms with Crippen LogP contribution in [-0.2, 0) is 12.8 Å². The number of hydrogen-bond acceptors (Lipinski definition) is 1. The maximum atomic E-state index is 4.39. The minimum absolute atomic E-state index is 0.800. The summed E-state index contributed by atoms with van der Waals surface area (Å²) in [6, 6.07) is 12.8. The van der Waals surface area contributed by atoms with Gasteiger partial charge in [0.25, 0.3) is 0 Å². The summed E-state index contributed by atoms with van der Waals surface area (Å²) in [5.74, 6) is 0.800. The summed E-state index contributed by atoms with van der Waals surface area (Å²) in [6.45, 7) is 2.32. The Kier molecular flexibility index (Phi) is 2.24. The number of rotatable bonds is 1. The summed E-state index contributed by atoms with van der Waals surface area (Å²) < 4.78 is 0. The number of aromatic nitrogens is 1. The van der Waals surface area contributed by atoms with Gasteiger partial charge in [0.2, 0.25) is 0 Å². The van der Waals surface area contributed by atoms with Crippen molar-refractivity contribution < 1.29 is 0 Å². The molecule has 1 aromatic heterocycles. The van der Waals surface area contributed by atoms with Gasteiger partial charge in [0.1, 0.15) is 0 Å². The Balaban J connectivity index is 2.03. The Morgan fingerprint density at radius 1 is 1.06 bits per heavy atom. The van der Waals surface area contributed by atoms with Gasteiger partial charge >= 0.3 is 0 Å². The fourth-order valence-electron chi connectivity index (χ4n) is 2.53. The smallest absolute Gasteiger partial charge is 0.0702 e. The molecule has 1 aliphatic rings. The van der Waals surface area contributed by atoms with Crippen LogP contribution in [0, 0.1) is 5.92 Å². The molecular formula is C15H15N. The number of fused-ring (bicyclic) bond motifs is 1. The Morgan fingerprint density at radius 3 is 2.75 bits per heavy atom. The molecular weight excluding hydrogens is 194 g/mol. The van der Waals surface area contributed by atoms with Crippen molar-refractivity contribution >= 4 is 0 Å². The van der Waals surface area contributed by atoms with Crippen molar-refractivity contribution in [1.82, 2.24) is 4.98 Å². The predicted molar refractivity (Wildman–Crippen MR) is 66.2 cm³/mol. The SMILES string of the molecule is CC1Cc2ccc(-c3ccccn3)cc2C1. The van der Waals surface area contributed by atoms with Crippen LogP contribution in [0.4, 0.5) is 0 Å². The van der Waals surface area contributed by atoms with Gasteiger partial charge in [0.05, 0.1) is 5.69 Å². The van der Waals surface area contributed by atoms with Crippen LogP contribution in [0.5, 0.6) is 0 Å². The van der Waals surface area contributed by atoms with E-state index in [4.69, 9.17) is 0 Å². The van der Waals surface area contributed by atoms with Crippen molar-refractivity contribution in [2.24, 2.45) is 5.92 Å². The van der Waals surface area contributed by atoms with E-state index in [0.29, 0.717) is 0 Å². The third kappa shape index (κ3) is 1.63. The maximum Gasteiger partial charge on any atom is 0.0702 e. The highest BCUT2D eigenvalue weighted by Crippen LogP contribution is 2.29. The van der Waals surface area contributed by atoms with Crippen molar-refractivity contribution in [3.05, 3.63) is 53.7 Å². The molecule has 1 unspecified atom stereocenters. The van der Waals surface area contributed by atoms with Crippen molar-refractivity contribution in [2.45, 2.75) is 19.8 Å². The molecule has 1 heterocycles. The van der Waals surface area contributed by atoms with E-state index in [1.54, 1.807) is 0 Å². The molecule has 1 atom stereocenters. The van der Waals surface area contributed by atoms with Crippen molar-refractivity contribution in [1.29, 1.82) is 0 Å². The molecule has 80 valence electrons. The summed E-state index contributed by atoms with van der Waals surface area (Å²) >= 11 is 0. The first kappa shape index (κ1) is 9.59. The lowest BCUT2D eigenvalue weighted by Gasteiger charge is -2.03. The topological polar surface area (TPSA) is 12.9 Å². The highest BCUT2D eigenvalue weighted by Gasteiger charge is 2.17. The van der Waals surface area contributed by atoms with Crippen LogP contribution in [-0.4, -0.2) is 4.98 Å². The fourth-order valence-corrected chi connectivity index (χ4v) is 2.53. The first-order valence-electron chi connectivity index (χ1n) is 5.86. The predicted octanol–water partition coefficient (Wildman–Crippen LogP) is 3.48.